The van der Waals surface area contributed by atoms with Crippen molar-refractivity contribution in [2.45, 2.75) is 106 Å². The molecule has 0 aliphatic heterocycles. The van der Waals surface area contributed by atoms with Gasteiger partial charge in [-0.3, -0.25) is 0 Å². The molecule has 2 unspecified atom stereocenters. The zero-order chi connectivity index (χ0) is 47.7. The van der Waals surface area contributed by atoms with Gasteiger partial charge < -0.3 is 0 Å². The molecule has 2 nitrogen and oxygen atoms in total. The fourth-order valence-electron chi connectivity index (χ4n) is 3.20. The van der Waals surface area contributed by atoms with Gasteiger partial charge in [-0.05, 0) is 0 Å². The molecule has 2 atom stereocenters. The molecule has 0 N–H and O–H groups in total. The Hall–Kier alpha value is -2.57. The normalized spacial score (nSPS) is 18.2. The molecule has 0 aromatic rings. The lowest BCUT2D eigenvalue weighted by atomic mass is 9.89. The molecule has 57 heavy (non-hydrogen) atoms. The Kier molecular flexibility index (Phi) is 12.6. The fraction of sp³-hybridized carbons (Fsp3) is 1.00. The Bertz CT molecular complexity index is 1470. The molecule has 0 saturated heterocycles. The van der Waals surface area contributed by atoms with Crippen LogP contribution in [0, 0.1) is 0 Å². The van der Waals surface area contributed by atoms with Crippen LogP contribution in [0.25, 0.3) is 0 Å². The van der Waals surface area contributed by atoms with E-state index in [0.29, 0.717) is 0 Å². The Balaban J connectivity index is 7.83. The standard InChI is InChI=1S/C18H2F36O2S/c19-1(5(25,26)27)3(21,22)7(31,32)9(35,36)11(39,40)13(43,44)15(47,48)17(51,52)57(55,56)18(53,54)16(49,50)14(45,46)12(41,42)10(37,38)8(33,34)4(23,24)2(20)6(28,29)30/h1-2H. The van der Waals surface area contributed by atoms with E-state index in [1.165, 1.54) is 0 Å². The molecule has 0 heterocycles. The maximum Gasteiger partial charge on any atom is 0.425 e. The van der Waals surface area contributed by atoms with Crippen molar-refractivity contribution in [1.82, 2.24) is 0 Å². The van der Waals surface area contributed by atoms with Crippen LogP contribution < -0.4 is 0 Å². The van der Waals surface area contributed by atoms with Crippen LogP contribution in [0.15, 0.2) is 0 Å². The van der Waals surface area contributed by atoms with Crippen molar-refractivity contribution in [1.29, 1.82) is 0 Å². The van der Waals surface area contributed by atoms with E-state index in [4.69, 9.17) is 0 Å². The van der Waals surface area contributed by atoms with Crippen LogP contribution in [0.2, 0.25) is 0 Å². The average molecular weight is 966 g/mol. The van der Waals surface area contributed by atoms with Crippen molar-refractivity contribution in [2.24, 2.45) is 0 Å². The molecule has 0 saturated carbocycles. The fourth-order valence-corrected chi connectivity index (χ4v) is 4.45. The van der Waals surface area contributed by atoms with Gasteiger partial charge in [0.1, 0.15) is 0 Å². The van der Waals surface area contributed by atoms with Crippen molar-refractivity contribution < 1.29 is 166 Å². The van der Waals surface area contributed by atoms with Gasteiger partial charge >= 0.3 is 93.9 Å². The monoisotopic (exact) mass is 966 g/mol. The van der Waals surface area contributed by atoms with Gasteiger partial charge in [-0.15, -0.1) is 0 Å². The molecule has 39 heteroatoms. The van der Waals surface area contributed by atoms with E-state index >= 15 is 0 Å². The third-order valence-corrected chi connectivity index (χ3v) is 8.47. The largest absolute Gasteiger partial charge is 0.425 e. The highest BCUT2D eigenvalue weighted by atomic mass is 32.2. The van der Waals surface area contributed by atoms with Crippen molar-refractivity contribution >= 4 is 9.84 Å². The molecule has 344 valence electrons. The predicted molar refractivity (Wildman–Crippen MR) is 100 cm³/mol. The zero-order valence-corrected chi connectivity index (χ0v) is 24.8. The van der Waals surface area contributed by atoms with Gasteiger partial charge in [-0.1, -0.05) is 0 Å². The van der Waals surface area contributed by atoms with Gasteiger partial charge in [0.25, 0.3) is 22.2 Å². The van der Waals surface area contributed by atoms with Crippen LogP contribution >= 0.6 is 0 Å². The number of alkyl halides is 36. The Labute approximate surface area is 284 Å². The maximum absolute atomic E-state index is 14.0. The zero-order valence-electron chi connectivity index (χ0n) is 24.0. The first-order valence-electron chi connectivity index (χ1n) is 11.8. The summed E-state index contributed by atoms with van der Waals surface area (Å²) < 4.78 is 503. The average Bonchev–Trinajstić information content (AvgIpc) is 2.97. The van der Waals surface area contributed by atoms with Gasteiger partial charge in [-0.2, -0.15) is 149 Å². The third-order valence-electron chi connectivity index (χ3n) is 6.61. The van der Waals surface area contributed by atoms with Crippen LogP contribution in [-0.2, 0) is 9.84 Å². The quantitative estimate of drug-likeness (QED) is 0.145. The summed E-state index contributed by atoms with van der Waals surface area (Å²) in [7, 11) is -11.2. The first-order valence-corrected chi connectivity index (χ1v) is 13.2. The van der Waals surface area contributed by atoms with Crippen molar-refractivity contribution in [3.63, 3.8) is 0 Å². The Morgan fingerprint density at radius 1 is 0.246 bits per heavy atom. The lowest BCUT2D eigenvalue weighted by Gasteiger charge is -2.44. The minimum Gasteiger partial charge on any atom is -0.230 e. The SMILES string of the molecule is O=S(=O)(C(F)(F)C(F)(F)C(F)(F)C(F)(F)C(F)(F)C(F)(F)C(F)(F)C(F)C(F)(F)F)C(F)(F)C(F)(F)C(F)(F)C(F)(F)C(F)(F)C(F)(F)C(F)(F)C(F)C(F)(F)F. The lowest BCUT2D eigenvalue weighted by molar-refractivity contribution is -0.446. The van der Waals surface area contributed by atoms with Crippen LogP contribution in [0.5, 0.6) is 0 Å². The minimum atomic E-state index is -11.2. The van der Waals surface area contributed by atoms with Gasteiger partial charge in [0.2, 0.25) is 0 Å². The van der Waals surface area contributed by atoms with E-state index < -0.39 is 116 Å². The summed E-state index contributed by atoms with van der Waals surface area (Å²) >= 11 is 0. The molecule has 0 bridgehead atoms. The van der Waals surface area contributed by atoms with Gasteiger partial charge in [-0.25, -0.2) is 17.2 Å². The van der Waals surface area contributed by atoms with Gasteiger partial charge in [0, 0.05) is 0 Å². The number of rotatable bonds is 16. The second kappa shape index (κ2) is 13.2. The van der Waals surface area contributed by atoms with Crippen LogP contribution in [0.4, 0.5) is 158 Å². The topological polar surface area (TPSA) is 34.1 Å². The molecule has 0 fully saturated rings. The molecule has 0 radical (unpaired) electrons. The summed E-state index contributed by atoms with van der Waals surface area (Å²) in [5, 5.41) is -20.2. The Morgan fingerprint density at radius 3 is 0.544 bits per heavy atom. The highest BCUT2D eigenvalue weighted by Gasteiger charge is 3.00. The van der Waals surface area contributed by atoms with Gasteiger partial charge in [0.15, 0.2) is 0 Å². The first-order chi connectivity index (χ1) is 23.8. The smallest absolute Gasteiger partial charge is 0.230 e. The highest BCUT2D eigenvalue weighted by molar-refractivity contribution is 7.93. The molecule has 0 rings (SSSR count). The van der Waals surface area contributed by atoms with Crippen LogP contribution in [0.1, 0.15) is 0 Å². The molecule has 0 spiro atoms. The predicted octanol–water partition coefficient (Wildman–Crippen LogP) is 11.0. The van der Waals surface area contributed by atoms with Crippen molar-refractivity contribution in [3.8, 4) is 0 Å². The Morgan fingerprint density at radius 2 is 0.386 bits per heavy atom. The molecule has 0 aromatic heterocycles. The number of hydrogen-bond acceptors (Lipinski definition) is 2. The summed E-state index contributed by atoms with van der Waals surface area (Å²) in [5.41, 5.74) is 0. The second-order valence-electron chi connectivity index (χ2n) is 10.3. The summed E-state index contributed by atoms with van der Waals surface area (Å²) in [4.78, 5) is 0. The van der Waals surface area contributed by atoms with E-state index in [1.54, 1.807) is 0 Å². The van der Waals surface area contributed by atoms with E-state index in [2.05, 4.69) is 0 Å². The van der Waals surface area contributed by atoms with E-state index in [-0.39, 0.29) is 0 Å². The molecule has 0 aliphatic rings. The molecule has 0 amide bonds. The highest BCUT2D eigenvalue weighted by Crippen LogP contribution is 2.68. The van der Waals surface area contributed by atoms with Crippen molar-refractivity contribution in [3.05, 3.63) is 0 Å². The summed E-state index contributed by atoms with van der Waals surface area (Å²) in [6, 6.07) is 0. The van der Waals surface area contributed by atoms with Gasteiger partial charge in [0.05, 0.1) is 0 Å². The minimum absolute atomic E-state index is 7.04. The van der Waals surface area contributed by atoms with E-state index in [1.807, 2.05) is 0 Å². The molecular weight excluding hydrogens is 964 g/mol. The van der Waals surface area contributed by atoms with Crippen LogP contribution in [-0.4, -0.2) is 115 Å². The summed E-state index contributed by atoms with van der Waals surface area (Å²) in [6.45, 7) is 0. The third kappa shape index (κ3) is 6.50. The number of hydrogen-bond donors (Lipinski definition) is 0. The van der Waals surface area contributed by atoms with Crippen LogP contribution in [0.3, 0.4) is 0 Å². The van der Waals surface area contributed by atoms with Crippen molar-refractivity contribution in [2.75, 3.05) is 0 Å². The first kappa shape index (κ1) is 54.4. The second-order valence-corrected chi connectivity index (χ2v) is 12.4. The molecule has 0 aliphatic carbocycles. The summed E-state index contributed by atoms with van der Waals surface area (Å²) in [6.07, 6.45) is -29.6. The number of halogens is 36. The molecule has 0 aromatic carbocycles. The lowest BCUT2D eigenvalue weighted by Crippen LogP contribution is -2.77. The number of sulfone groups is 1. The molecular formula is C18H2F36O2S. The maximum atomic E-state index is 14.0. The summed E-state index contributed by atoms with van der Waals surface area (Å²) in [5.74, 6) is -116. The van der Waals surface area contributed by atoms with E-state index in [0.717, 1.165) is 0 Å². The van der Waals surface area contributed by atoms with E-state index in [9.17, 15) is 166 Å².